The lowest BCUT2D eigenvalue weighted by atomic mass is 10.2. The van der Waals surface area contributed by atoms with E-state index >= 15 is 0 Å². The van der Waals surface area contributed by atoms with E-state index in [2.05, 4.69) is 15.5 Å². The number of amides is 2. The van der Waals surface area contributed by atoms with Crippen LogP contribution in [-0.4, -0.2) is 50.9 Å². The zero-order valence-electron chi connectivity index (χ0n) is 10.6. The number of hydrogen-bond acceptors (Lipinski definition) is 6. The van der Waals surface area contributed by atoms with Crippen LogP contribution in [0, 0.1) is 6.92 Å². The fourth-order valence-electron chi connectivity index (χ4n) is 1.31. The maximum Gasteiger partial charge on any atom is 0.326 e. The Morgan fingerprint density at radius 2 is 2.05 bits per heavy atom. The maximum atomic E-state index is 11.4. The first-order valence-electron chi connectivity index (χ1n) is 5.66. The highest BCUT2D eigenvalue weighted by molar-refractivity contribution is 5.86. The first kappa shape index (κ1) is 15.4. The third-order valence-corrected chi connectivity index (χ3v) is 2.19. The summed E-state index contributed by atoms with van der Waals surface area (Å²) in [6, 6.07) is -2.27. The molecule has 1 aromatic heterocycles. The van der Waals surface area contributed by atoms with Crippen molar-refractivity contribution in [3.63, 3.8) is 0 Å². The molecule has 110 valence electrons. The second kappa shape index (κ2) is 7.07. The minimum absolute atomic E-state index is 0.157. The van der Waals surface area contributed by atoms with Crippen molar-refractivity contribution in [1.82, 2.24) is 20.8 Å². The van der Waals surface area contributed by atoms with Crippen molar-refractivity contribution in [2.24, 2.45) is 0 Å². The first-order chi connectivity index (χ1) is 9.38. The third kappa shape index (κ3) is 5.33. The number of aryl methyl sites for hydroxylation is 1. The summed E-state index contributed by atoms with van der Waals surface area (Å²) in [6.45, 7) is 1.78. The summed E-state index contributed by atoms with van der Waals surface area (Å²) in [6.07, 6.45) is -0.395. The third-order valence-electron chi connectivity index (χ3n) is 2.19. The normalized spacial score (nSPS) is 11.7. The molecule has 0 aliphatic rings. The van der Waals surface area contributed by atoms with Crippen LogP contribution in [0.25, 0.3) is 0 Å². The lowest BCUT2D eigenvalue weighted by Crippen LogP contribution is -2.47. The van der Waals surface area contributed by atoms with Gasteiger partial charge < -0.3 is 25.4 Å². The van der Waals surface area contributed by atoms with E-state index in [0.717, 1.165) is 0 Å². The number of aromatic nitrogens is 2. The highest BCUT2D eigenvalue weighted by atomic mass is 16.5. The Labute approximate surface area is 113 Å². The topological polar surface area (TPSA) is 155 Å². The number of carbonyl (C=O) groups is 3. The van der Waals surface area contributed by atoms with Crippen molar-refractivity contribution in [2.45, 2.75) is 25.8 Å². The van der Waals surface area contributed by atoms with E-state index < -0.39 is 30.4 Å². The predicted octanol–water partition coefficient (Wildman–Crippen LogP) is -0.852. The van der Waals surface area contributed by atoms with Gasteiger partial charge in [0.05, 0.1) is 6.42 Å². The number of urea groups is 1. The summed E-state index contributed by atoms with van der Waals surface area (Å²) in [5.74, 6) is -1.93. The number of rotatable bonds is 7. The summed E-state index contributed by atoms with van der Waals surface area (Å²) < 4.78 is 4.73. The molecule has 1 rings (SSSR count). The average molecular weight is 286 g/mol. The van der Waals surface area contributed by atoms with Crippen LogP contribution in [0.15, 0.2) is 4.52 Å². The monoisotopic (exact) mass is 286 g/mol. The predicted molar refractivity (Wildman–Crippen MR) is 63.0 cm³/mol. The molecule has 0 fully saturated rings. The van der Waals surface area contributed by atoms with E-state index in [-0.39, 0.29) is 6.54 Å². The number of aliphatic carboxylic acids is 2. The standard InChI is InChI=1S/C10H14N4O6/c1-5-12-7(14-20-5)2-3-11-10(19)13-6(9(17)18)4-8(15)16/h6H,2-4H2,1H3,(H,15,16)(H,17,18)(H2,11,13,19)/t6-/m0/s1. The molecule has 1 heterocycles. The Kier molecular flexibility index (Phi) is 5.44. The molecular formula is C10H14N4O6. The van der Waals surface area contributed by atoms with E-state index in [4.69, 9.17) is 14.7 Å². The second-order valence-corrected chi connectivity index (χ2v) is 3.87. The molecule has 0 saturated carbocycles. The minimum atomic E-state index is -1.49. The van der Waals surface area contributed by atoms with E-state index in [1.807, 2.05) is 5.32 Å². The molecule has 0 bridgehead atoms. The fourth-order valence-corrected chi connectivity index (χ4v) is 1.31. The number of carboxylic acids is 2. The van der Waals surface area contributed by atoms with Crippen molar-refractivity contribution in [1.29, 1.82) is 0 Å². The van der Waals surface area contributed by atoms with Gasteiger partial charge in [-0.3, -0.25) is 4.79 Å². The zero-order chi connectivity index (χ0) is 15.1. The van der Waals surface area contributed by atoms with Gasteiger partial charge >= 0.3 is 18.0 Å². The molecule has 0 radical (unpaired) electrons. The van der Waals surface area contributed by atoms with Gasteiger partial charge in [-0.2, -0.15) is 4.98 Å². The first-order valence-corrected chi connectivity index (χ1v) is 5.66. The summed E-state index contributed by atoms with van der Waals surface area (Å²) in [7, 11) is 0. The van der Waals surface area contributed by atoms with Gasteiger partial charge in [0.2, 0.25) is 5.89 Å². The number of carbonyl (C=O) groups excluding carboxylic acids is 1. The van der Waals surface area contributed by atoms with Crippen molar-refractivity contribution in [3.05, 3.63) is 11.7 Å². The summed E-state index contributed by atoms with van der Waals surface area (Å²) in [5.41, 5.74) is 0. The van der Waals surface area contributed by atoms with Gasteiger partial charge in [0, 0.05) is 19.9 Å². The number of nitrogens with zero attached hydrogens (tertiary/aromatic N) is 2. The van der Waals surface area contributed by atoms with E-state index in [1.54, 1.807) is 6.92 Å². The van der Waals surface area contributed by atoms with E-state index in [9.17, 15) is 14.4 Å². The van der Waals surface area contributed by atoms with Crippen LogP contribution >= 0.6 is 0 Å². The molecule has 0 saturated heterocycles. The Balaban J connectivity index is 2.34. The molecule has 0 spiro atoms. The van der Waals surface area contributed by atoms with Gasteiger partial charge in [0.1, 0.15) is 6.04 Å². The maximum absolute atomic E-state index is 11.4. The molecule has 4 N–H and O–H groups in total. The van der Waals surface area contributed by atoms with Gasteiger partial charge in [-0.25, -0.2) is 9.59 Å². The molecule has 1 aromatic rings. The zero-order valence-corrected chi connectivity index (χ0v) is 10.6. The largest absolute Gasteiger partial charge is 0.481 e. The molecular weight excluding hydrogens is 272 g/mol. The van der Waals surface area contributed by atoms with Gasteiger partial charge in [0.25, 0.3) is 0 Å². The summed E-state index contributed by atoms with van der Waals surface area (Å²) in [5, 5.41) is 25.3. The molecule has 10 heteroatoms. The number of hydrogen-bond donors (Lipinski definition) is 4. The van der Waals surface area contributed by atoms with Crippen molar-refractivity contribution >= 4 is 18.0 Å². The average Bonchev–Trinajstić information content (AvgIpc) is 2.73. The molecule has 1 atom stereocenters. The van der Waals surface area contributed by atoms with Crippen LogP contribution in [0.1, 0.15) is 18.1 Å². The fraction of sp³-hybridized carbons (Fsp3) is 0.500. The second-order valence-electron chi connectivity index (χ2n) is 3.87. The number of carboxylic acid groups (broad SMARTS) is 2. The Morgan fingerprint density at radius 3 is 2.55 bits per heavy atom. The summed E-state index contributed by atoms with van der Waals surface area (Å²) in [4.78, 5) is 36.5. The minimum Gasteiger partial charge on any atom is -0.481 e. The molecule has 2 amide bonds. The van der Waals surface area contributed by atoms with Crippen LogP contribution in [0.2, 0.25) is 0 Å². The Morgan fingerprint density at radius 1 is 1.35 bits per heavy atom. The van der Waals surface area contributed by atoms with Crippen molar-refractivity contribution in [2.75, 3.05) is 6.54 Å². The van der Waals surface area contributed by atoms with Gasteiger partial charge in [-0.15, -0.1) is 0 Å². The van der Waals surface area contributed by atoms with E-state index in [0.29, 0.717) is 18.1 Å². The van der Waals surface area contributed by atoms with Crippen molar-refractivity contribution < 1.29 is 29.1 Å². The highest BCUT2D eigenvalue weighted by Crippen LogP contribution is 1.95. The SMILES string of the molecule is Cc1nc(CCNC(=O)N[C@@H](CC(=O)O)C(=O)O)no1. The Bertz CT molecular complexity index is 500. The van der Waals surface area contributed by atoms with Crippen LogP contribution in [-0.2, 0) is 16.0 Å². The Hall–Kier alpha value is -2.65. The van der Waals surface area contributed by atoms with Crippen LogP contribution in [0.4, 0.5) is 4.79 Å². The molecule has 0 aliphatic carbocycles. The van der Waals surface area contributed by atoms with Crippen LogP contribution in [0.5, 0.6) is 0 Å². The van der Waals surface area contributed by atoms with Gasteiger partial charge in [-0.05, 0) is 0 Å². The van der Waals surface area contributed by atoms with Gasteiger partial charge in [-0.1, -0.05) is 5.16 Å². The van der Waals surface area contributed by atoms with E-state index in [1.165, 1.54) is 0 Å². The summed E-state index contributed by atoms with van der Waals surface area (Å²) >= 11 is 0. The quantitative estimate of drug-likeness (QED) is 0.505. The molecule has 10 nitrogen and oxygen atoms in total. The number of nitrogens with one attached hydrogen (secondary N) is 2. The molecule has 0 aromatic carbocycles. The highest BCUT2D eigenvalue weighted by Gasteiger charge is 2.22. The van der Waals surface area contributed by atoms with Crippen LogP contribution in [0.3, 0.4) is 0 Å². The molecule has 20 heavy (non-hydrogen) atoms. The molecule has 0 unspecified atom stereocenters. The molecule has 0 aliphatic heterocycles. The van der Waals surface area contributed by atoms with Crippen molar-refractivity contribution in [3.8, 4) is 0 Å². The van der Waals surface area contributed by atoms with Gasteiger partial charge in [0.15, 0.2) is 5.82 Å². The lowest BCUT2D eigenvalue weighted by Gasteiger charge is -2.12. The van der Waals surface area contributed by atoms with Crippen LogP contribution < -0.4 is 10.6 Å². The lowest BCUT2D eigenvalue weighted by molar-refractivity contribution is -0.145. The smallest absolute Gasteiger partial charge is 0.326 e.